The molecule has 3 aromatic rings. The first-order valence-corrected chi connectivity index (χ1v) is 10.3. The molecule has 0 radical (unpaired) electrons. The fourth-order valence-corrected chi connectivity index (χ4v) is 3.05. The molecule has 1 heterocycles. The molecule has 0 bridgehead atoms. The fourth-order valence-electron chi connectivity index (χ4n) is 3.05. The van der Waals surface area contributed by atoms with Gasteiger partial charge in [0.25, 0.3) is 11.8 Å². The summed E-state index contributed by atoms with van der Waals surface area (Å²) in [7, 11) is 2.09. The van der Waals surface area contributed by atoms with Gasteiger partial charge in [0, 0.05) is 42.8 Å². The van der Waals surface area contributed by atoms with Crippen molar-refractivity contribution in [2.45, 2.75) is 33.0 Å². The summed E-state index contributed by atoms with van der Waals surface area (Å²) in [5, 5.41) is 5.79. The summed E-state index contributed by atoms with van der Waals surface area (Å²) in [5.74, 6) is -0.460. The van der Waals surface area contributed by atoms with Crippen LogP contribution < -0.4 is 10.6 Å². The number of carbonyl (C=O) groups is 2. The summed E-state index contributed by atoms with van der Waals surface area (Å²) in [6, 6.07) is 18.9. The van der Waals surface area contributed by atoms with Crippen LogP contribution in [0.4, 0.5) is 5.69 Å². The molecule has 6 nitrogen and oxygen atoms in total. The van der Waals surface area contributed by atoms with Crippen molar-refractivity contribution < 1.29 is 9.59 Å². The molecule has 31 heavy (non-hydrogen) atoms. The lowest BCUT2D eigenvalue weighted by atomic mass is 10.1. The summed E-state index contributed by atoms with van der Waals surface area (Å²) in [6.07, 6.45) is 3.11. The Morgan fingerprint density at radius 2 is 1.68 bits per heavy atom. The number of anilines is 1. The number of carbonyl (C=O) groups excluding carboxylic acids is 2. The summed E-state index contributed by atoms with van der Waals surface area (Å²) in [6.45, 7) is 5.57. The van der Waals surface area contributed by atoms with Gasteiger partial charge in [-0.05, 0) is 62.4 Å². The number of benzene rings is 2. The van der Waals surface area contributed by atoms with Crippen LogP contribution in [0.1, 0.15) is 45.7 Å². The quantitative estimate of drug-likeness (QED) is 0.580. The van der Waals surface area contributed by atoms with E-state index in [1.54, 1.807) is 42.6 Å². The Kier molecular flexibility index (Phi) is 7.51. The van der Waals surface area contributed by atoms with E-state index in [-0.39, 0.29) is 11.8 Å². The Bertz CT molecular complexity index is 1030. The van der Waals surface area contributed by atoms with Crippen LogP contribution in [-0.2, 0) is 13.1 Å². The van der Waals surface area contributed by atoms with E-state index in [4.69, 9.17) is 0 Å². The molecule has 0 unspecified atom stereocenters. The van der Waals surface area contributed by atoms with E-state index in [0.29, 0.717) is 29.4 Å². The first-order valence-electron chi connectivity index (χ1n) is 10.3. The molecule has 6 heteroatoms. The number of aromatic nitrogens is 1. The second-order valence-electron chi connectivity index (χ2n) is 7.74. The van der Waals surface area contributed by atoms with Gasteiger partial charge in [-0.3, -0.25) is 19.5 Å². The molecule has 0 spiro atoms. The zero-order chi connectivity index (χ0) is 22.2. The molecule has 0 aliphatic heterocycles. The number of nitrogens with zero attached hydrogens (tertiary/aromatic N) is 2. The molecule has 0 atom stereocenters. The van der Waals surface area contributed by atoms with Crippen LogP contribution >= 0.6 is 0 Å². The van der Waals surface area contributed by atoms with E-state index >= 15 is 0 Å². The Labute approximate surface area is 183 Å². The average molecular weight is 417 g/mol. The van der Waals surface area contributed by atoms with Gasteiger partial charge in [0.2, 0.25) is 0 Å². The Morgan fingerprint density at radius 3 is 2.39 bits per heavy atom. The van der Waals surface area contributed by atoms with Crippen LogP contribution in [-0.4, -0.2) is 34.8 Å². The topological polar surface area (TPSA) is 74.3 Å². The van der Waals surface area contributed by atoms with E-state index in [1.165, 1.54) is 11.8 Å². The highest BCUT2D eigenvalue weighted by molar-refractivity contribution is 6.04. The zero-order valence-electron chi connectivity index (χ0n) is 18.1. The lowest BCUT2D eigenvalue weighted by Crippen LogP contribution is -2.27. The van der Waals surface area contributed by atoms with Gasteiger partial charge in [0.1, 0.15) is 0 Å². The van der Waals surface area contributed by atoms with Crippen LogP contribution in [0.25, 0.3) is 0 Å². The van der Waals surface area contributed by atoms with E-state index in [0.717, 1.165) is 12.1 Å². The summed E-state index contributed by atoms with van der Waals surface area (Å²) in [5.41, 5.74) is 3.78. The van der Waals surface area contributed by atoms with Gasteiger partial charge >= 0.3 is 0 Å². The number of nitrogens with one attached hydrogen (secondary N) is 2. The summed E-state index contributed by atoms with van der Waals surface area (Å²) >= 11 is 0. The second-order valence-corrected chi connectivity index (χ2v) is 7.74. The fraction of sp³-hybridized carbons (Fsp3) is 0.240. The molecular formula is C25H28N4O2. The van der Waals surface area contributed by atoms with Crippen molar-refractivity contribution in [2.24, 2.45) is 0 Å². The third kappa shape index (κ3) is 6.23. The molecular weight excluding hydrogens is 388 g/mol. The second kappa shape index (κ2) is 10.5. The van der Waals surface area contributed by atoms with Gasteiger partial charge in [0.15, 0.2) is 0 Å². The van der Waals surface area contributed by atoms with Crippen LogP contribution in [0.5, 0.6) is 0 Å². The smallest absolute Gasteiger partial charge is 0.257 e. The van der Waals surface area contributed by atoms with Gasteiger partial charge in [-0.2, -0.15) is 0 Å². The Hall–Kier alpha value is -3.51. The number of amides is 2. The van der Waals surface area contributed by atoms with Crippen molar-refractivity contribution in [3.8, 4) is 0 Å². The maximum absolute atomic E-state index is 12.7. The lowest BCUT2D eigenvalue weighted by molar-refractivity contribution is 0.0949. The van der Waals surface area contributed by atoms with Gasteiger partial charge < -0.3 is 10.6 Å². The summed E-state index contributed by atoms with van der Waals surface area (Å²) < 4.78 is 0. The minimum atomic E-state index is -0.270. The van der Waals surface area contributed by atoms with Crippen molar-refractivity contribution in [3.63, 3.8) is 0 Å². The third-order valence-electron chi connectivity index (χ3n) is 5.17. The largest absolute Gasteiger partial charge is 0.348 e. The van der Waals surface area contributed by atoms with Crippen molar-refractivity contribution in [2.75, 3.05) is 12.4 Å². The lowest BCUT2D eigenvalue weighted by Gasteiger charge is -2.22. The molecule has 0 aliphatic rings. The van der Waals surface area contributed by atoms with Crippen molar-refractivity contribution in [1.82, 2.24) is 15.2 Å². The van der Waals surface area contributed by atoms with Crippen LogP contribution in [0.15, 0.2) is 73.1 Å². The highest BCUT2D eigenvalue weighted by atomic mass is 16.2. The minimum Gasteiger partial charge on any atom is -0.348 e. The van der Waals surface area contributed by atoms with E-state index in [9.17, 15) is 9.59 Å². The molecule has 3 rings (SSSR count). The maximum atomic E-state index is 12.7. The van der Waals surface area contributed by atoms with Gasteiger partial charge in [-0.1, -0.05) is 30.3 Å². The molecule has 1 aromatic heterocycles. The predicted molar refractivity (Wildman–Crippen MR) is 123 cm³/mol. The van der Waals surface area contributed by atoms with Crippen LogP contribution in [0, 0.1) is 0 Å². The molecule has 2 aromatic carbocycles. The number of hydrogen-bond donors (Lipinski definition) is 2. The van der Waals surface area contributed by atoms with E-state index in [2.05, 4.69) is 47.5 Å². The summed E-state index contributed by atoms with van der Waals surface area (Å²) in [4.78, 5) is 31.3. The van der Waals surface area contributed by atoms with Crippen LogP contribution in [0.3, 0.4) is 0 Å². The molecule has 0 saturated heterocycles. The monoisotopic (exact) mass is 416 g/mol. The Balaban J connectivity index is 1.64. The highest BCUT2D eigenvalue weighted by Crippen LogP contribution is 2.15. The van der Waals surface area contributed by atoms with Gasteiger partial charge in [-0.25, -0.2) is 0 Å². The standard InChI is InChI=1S/C25H28N4O2/c1-18(2)29(3)17-22-9-5-4-8-20(22)16-27-24(30)19-10-6-12-23(14-19)28-25(31)21-11-7-13-26-15-21/h4-15,18H,16-17H2,1-3H3,(H,27,30)(H,28,31). The van der Waals surface area contributed by atoms with Gasteiger partial charge in [0.05, 0.1) is 5.56 Å². The molecule has 2 amide bonds. The van der Waals surface area contributed by atoms with E-state index in [1.807, 2.05) is 18.2 Å². The molecule has 160 valence electrons. The maximum Gasteiger partial charge on any atom is 0.257 e. The molecule has 0 saturated carbocycles. The van der Waals surface area contributed by atoms with Crippen LogP contribution in [0.2, 0.25) is 0 Å². The van der Waals surface area contributed by atoms with Crippen molar-refractivity contribution >= 4 is 17.5 Å². The number of pyridine rings is 1. The highest BCUT2D eigenvalue weighted by Gasteiger charge is 2.12. The number of hydrogen-bond acceptors (Lipinski definition) is 4. The molecule has 2 N–H and O–H groups in total. The van der Waals surface area contributed by atoms with Crippen molar-refractivity contribution in [3.05, 3.63) is 95.3 Å². The average Bonchev–Trinajstić information content (AvgIpc) is 2.79. The predicted octanol–water partition coefficient (Wildman–Crippen LogP) is 4.10. The Morgan fingerprint density at radius 1 is 0.935 bits per heavy atom. The first kappa shape index (κ1) is 22.2. The SMILES string of the molecule is CC(C)N(C)Cc1ccccc1CNC(=O)c1cccc(NC(=O)c2cccnc2)c1. The third-order valence-corrected chi connectivity index (χ3v) is 5.17. The van der Waals surface area contributed by atoms with E-state index < -0.39 is 0 Å². The normalized spacial score (nSPS) is 10.9. The first-order chi connectivity index (χ1) is 14.9. The van der Waals surface area contributed by atoms with Gasteiger partial charge in [-0.15, -0.1) is 0 Å². The molecule has 0 aliphatic carbocycles. The zero-order valence-corrected chi connectivity index (χ0v) is 18.1. The number of rotatable bonds is 8. The van der Waals surface area contributed by atoms with Crippen molar-refractivity contribution in [1.29, 1.82) is 0 Å². The minimum absolute atomic E-state index is 0.190. The molecule has 0 fully saturated rings.